The molecule has 3 rings (SSSR count). The number of guanidine groups is 1. The fourth-order valence-electron chi connectivity index (χ4n) is 3.71. The molecule has 1 saturated heterocycles. The molecule has 0 saturated carbocycles. The van der Waals surface area contributed by atoms with Gasteiger partial charge in [-0.2, -0.15) is 0 Å². The summed E-state index contributed by atoms with van der Waals surface area (Å²) in [6.45, 7) is 9.78. The average Bonchev–Trinajstić information content (AvgIpc) is 2.75. The van der Waals surface area contributed by atoms with Crippen molar-refractivity contribution in [2.24, 2.45) is 4.99 Å². The molecule has 168 valence electrons. The maximum absolute atomic E-state index is 13.9. The molecule has 1 N–H and O–H groups in total. The van der Waals surface area contributed by atoms with Crippen molar-refractivity contribution in [3.8, 4) is 5.75 Å². The van der Waals surface area contributed by atoms with Gasteiger partial charge in [-0.25, -0.2) is 4.39 Å². The second kappa shape index (κ2) is 13.1. The molecule has 0 spiro atoms. The van der Waals surface area contributed by atoms with Gasteiger partial charge >= 0.3 is 0 Å². The fourth-order valence-corrected chi connectivity index (χ4v) is 3.71. The van der Waals surface area contributed by atoms with Crippen LogP contribution < -0.4 is 10.1 Å². The number of nitrogens with one attached hydrogen (secondary N) is 1. The third kappa shape index (κ3) is 7.39. The second-order valence-corrected chi connectivity index (χ2v) is 7.41. The molecule has 8 heteroatoms. The van der Waals surface area contributed by atoms with Crippen molar-refractivity contribution in [2.45, 2.75) is 26.3 Å². The van der Waals surface area contributed by atoms with Gasteiger partial charge in [-0.05, 0) is 37.5 Å². The predicted molar refractivity (Wildman–Crippen MR) is 129 cm³/mol. The third-order valence-electron chi connectivity index (χ3n) is 5.38. The molecule has 2 aliphatic heterocycles. The van der Waals surface area contributed by atoms with Gasteiger partial charge in [0, 0.05) is 45.8 Å². The highest BCUT2D eigenvalue weighted by Crippen LogP contribution is 2.19. The molecule has 0 bridgehead atoms. The maximum atomic E-state index is 13.9. The van der Waals surface area contributed by atoms with Gasteiger partial charge in [-0.15, -0.1) is 24.0 Å². The molecule has 6 nitrogen and oxygen atoms in total. The average molecular weight is 532 g/mol. The van der Waals surface area contributed by atoms with Crippen LogP contribution in [0.2, 0.25) is 0 Å². The number of hydrogen-bond acceptors (Lipinski definition) is 4. The number of rotatable bonds is 7. The fraction of sp³-hybridized carbons (Fsp3) is 0.591. The van der Waals surface area contributed by atoms with E-state index in [4.69, 9.17) is 14.5 Å². The molecule has 1 aromatic carbocycles. The highest BCUT2D eigenvalue weighted by Gasteiger charge is 2.20. The van der Waals surface area contributed by atoms with Crippen LogP contribution in [0.4, 0.5) is 4.39 Å². The largest absolute Gasteiger partial charge is 0.494 e. The van der Waals surface area contributed by atoms with Crippen molar-refractivity contribution in [1.29, 1.82) is 0 Å². The lowest BCUT2D eigenvalue weighted by molar-refractivity contribution is 0.153. The Morgan fingerprint density at radius 1 is 1.27 bits per heavy atom. The Morgan fingerprint density at radius 3 is 2.70 bits per heavy atom. The lowest BCUT2D eigenvalue weighted by Gasteiger charge is -2.36. The first kappa shape index (κ1) is 24.9. The summed E-state index contributed by atoms with van der Waals surface area (Å²) in [5.74, 6) is 0.988. The Kier molecular flexibility index (Phi) is 10.9. The Balaban J connectivity index is 0.00000320. The highest BCUT2D eigenvalue weighted by atomic mass is 127. The van der Waals surface area contributed by atoms with Crippen LogP contribution in [0.25, 0.3) is 0 Å². The summed E-state index contributed by atoms with van der Waals surface area (Å²) in [5, 5.41) is 3.42. The first-order valence-corrected chi connectivity index (χ1v) is 10.5. The van der Waals surface area contributed by atoms with Gasteiger partial charge < -0.3 is 19.7 Å². The molecule has 0 amide bonds. The molecule has 0 unspecified atom stereocenters. The standard InChI is InChI=1S/C22H33FN4O2.HI/c1-3-24-22(25-9-6-18-7-14-29-15-8-18)27-12-10-26(11-13-27)17-19-4-5-21(28-2)20(23)16-19;/h4-5,7,16H,3,6,8-15,17H2,1-2H3,(H,24,25);1H. The number of benzene rings is 1. The summed E-state index contributed by atoms with van der Waals surface area (Å²) in [4.78, 5) is 9.52. The van der Waals surface area contributed by atoms with Crippen molar-refractivity contribution in [2.75, 3.05) is 59.6 Å². The topological polar surface area (TPSA) is 49.3 Å². The first-order chi connectivity index (χ1) is 14.2. The van der Waals surface area contributed by atoms with E-state index in [1.807, 2.05) is 6.07 Å². The molecule has 0 atom stereocenters. The molecular formula is C22H34FIN4O2. The van der Waals surface area contributed by atoms with Gasteiger partial charge in [0.1, 0.15) is 0 Å². The molecule has 0 aliphatic carbocycles. The SMILES string of the molecule is CCNC(=NCCC1=CCOCC1)N1CCN(Cc2ccc(OC)c(F)c2)CC1.I. The normalized spacial score (nSPS) is 17.9. The van der Waals surface area contributed by atoms with E-state index in [2.05, 4.69) is 28.1 Å². The predicted octanol–water partition coefficient (Wildman–Crippen LogP) is 3.27. The van der Waals surface area contributed by atoms with E-state index in [-0.39, 0.29) is 29.8 Å². The smallest absolute Gasteiger partial charge is 0.194 e. The molecule has 0 aromatic heterocycles. The zero-order valence-corrected chi connectivity index (χ0v) is 20.4. The quantitative estimate of drug-likeness (QED) is 0.253. The minimum Gasteiger partial charge on any atom is -0.494 e. The van der Waals surface area contributed by atoms with Crippen LogP contribution in [0.1, 0.15) is 25.3 Å². The molecule has 30 heavy (non-hydrogen) atoms. The van der Waals surface area contributed by atoms with Crippen molar-refractivity contribution in [1.82, 2.24) is 15.1 Å². The number of piperazine rings is 1. The van der Waals surface area contributed by atoms with Crippen LogP contribution in [0.3, 0.4) is 0 Å². The van der Waals surface area contributed by atoms with Gasteiger partial charge in [-0.3, -0.25) is 9.89 Å². The molecule has 2 heterocycles. The summed E-state index contributed by atoms with van der Waals surface area (Å²) >= 11 is 0. The van der Waals surface area contributed by atoms with E-state index in [9.17, 15) is 4.39 Å². The van der Waals surface area contributed by atoms with Gasteiger partial charge in [0.15, 0.2) is 17.5 Å². The Labute approximate surface area is 196 Å². The van der Waals surface area contributed by atoms with Gasteiger partial charge in [0.25, 0.3) is 0 Å². The maximum Gasteiger partial charge on any atom is 0.194 e. The second-order valence-electron chi connectivity index (χ2n) is 7.41. The summed E-state index contributed by atoms with van der Waals surface area (Å²) in [5.41, 5.74) is 2.43. The summed E-state index contributed by atoms with van der Waals surface area (Å²) in [6, 6.07) is 5.21. The number of ether oxygens (including phenoxy) is 2. The zero-order valence-electron chi connectivity index (χ0n) is 18.0. The summed E-state index contributed by atoms with van der Waals surface area (Å²) < 4.78 is 24.3. The number of aliphatic imine (C=N–C) groups is 1. The van der Waals surface area contributed by atoms with Crippen LogP contribution in [-0.4, -0.2) is 75.4 Å². The van der Waals surface area contributed by atoms with E-state index in [0.29, 0.717) is 5.75 Å². The van der Waals surface area contributed by atoms with Crippen molar-refractivity contribution < 1.29 is 13.9 Å². The van der Waals surface area contributed by atoms with Crippen LogP contribution in [0.5, 0.6) is 5.75 Å². The lowest BCUT2D eigenvalue weighted by atomic mass is 10.1. The van der Waals surface area contributed by atoms with Crippen molar-refractivity contribution in [3.63, 3.8) is 0 Å². The number of methoxy groups -OCH3 is 1. The van der Waals surface area contributed by atoms with Gasteiger partial charge in [0.05, 0.1) is 20.3 Å². The third-order valence-corrected chi connectivity index (χ3v) is 5.38. The Bertz CT molecular complexity index is 721. The van der Waals surface area contributed by atoms with E-state index in [0.717, 1.165) is 83.4 Å². The van der Waals surface area contributed by atoms with Crippen LogP contribution in [0.15, 0.2) is 34.8 Å². The minimum absolute atomic E-state index is 0. The Hall–Kier alpha value is -1.39. The summed E-state index contributed by atoms with van der Waals surface area (Å²) in [7, 11) is 1.49. The molecular weight excluding hydrogens is 498 g/mol. The Morgan fingerprint density at radius 2 is 2.07 bits per heavy atom. The van der Waals surface area contributed by atoms with E-state index in [1.165, 1.54) is 12.7 Å². The van der Waals surface area contributed by atoms with E-state index in [1.54, 1.807) is 12.1 Å². The van der Waals surface area contributed by atoms with E-state index >= 15 is 0 Å². The van der Waals surface area contributed by atoms with Gasteiger partial charge in [0.2, 0.25) is 0 Å². The van der Waals surface area contributed by atoms with E-state index < -0.39 is 0 Å². The molecule has 1 aromatic rings. The monoisotopic (exact) mass is 532 g/mol. The van der Waals surface area contributed by atoms with Crippen LogP contribution in [-0.2, 0) is 11.3 Å². The van der Waals surface area contributed by atoms with Crippen molar-refractivity contribution in [3.05, 3.63) is 41.2 Å². The molecule has 0 radical (unpaired) electrons. The van der Waals surface area contributed by atoms with Crippen LogP contribution in [0, 0.1) is 5.82 Å². The highest BCUT2D eigenvalue weighted by molar-refractivity contribution is 14.0. The summed E-state index contributed by atoms with van der Waals surface area (Å²) in [6.07, 6.45) is 4.21. The zero-order chi connectivity index (χ0) is 20.5. The van der Waals surface area contributed by atoms with Gasteiger partial charge in [-0.1, -0.05) is 17.7 Å². The number of hydrogen-bond donors (Lipinski definition) is 1. The lowest BCUT2D eigenvalue weighted by Crippen LogP contribution is -2.52. The van der Waals surface area contributed by atoms with Crippen LogP contribution >= 0.6 is 24.0 Å². The molecule has 1 fully saturated rings. The van der Waals surface area contributed by atoms with Crippen molar-refractivity contribution >= 4 is 29.9 Å². The number of halogens is 2. The minimum atomic E-state index is -0.301. The first-order valence-electron chi connectivity index (χ1n) is 10.5. The molecule has 2 aliphatic rings. The number of nitrogens with zero attached hydrogens (tertiary/aromatic N) is 3.